The average molecular weight is 2010 g/mol. The van der Waals surface area contributed by atoms with Crippen molar-refractivity contribution in [3.05, 3.63) is 272 Å². The van der Waals surface area contributed by atoms with Gasteiger partial charge < -0.3 is 60.9 Å². The van der Waals surface area contributed by atoms with Crippen LogP contribution < -0.4 is 15.5 Å². The number of halogens is 16. The Labute approximate surface area is 815 Å². The van der Waals surface area contributed by atoms with E-state index in [0.29, 0.717) is 73.1 Å². The van der Waals surface area contributed by atoms with Crippen molar-refractivity contribution in [1.82, 2.24) is 14.7 Å². The molecule has 19 nitrogen and oxygen atoms in total. The highest BCUT2D eigenvalue weighted by Gasteiger charge is 2.56. The number of benzene rings is 8. The second kappa shape index (κ2) is 45.8. The van der Waals surface area contributed by atoms with Crippen LogP contribution in [0.5, 0.6) is 0 Å². The first-order chi connectivity index (χ1) is 65.7. The van der Waals surface area contributed by atoms with E-state index in [2.05, 4.69) is 24.3 Å². The number of carbonyl (C=O) groups excluding carboxylic acids is 6. The van der Waals surface area contributed by atoms with Gasteiger partial charge in [-0.05, 0) is 320 Å². The highest BCUT2D eigenvalue weighted by molar-refractivity contribution is 6.34. The molecule has 35 heteroatoms. The fourth-order valence-electron chi connectivity index (χ4n) is 18.0. The molecule has 0 heterocycles. The van der Waals surface area contributed by atoms with Crippen LogP contribution in [0.1, 0.15) is 276 Å². The van der Waals surface area contributed by atoms with E-state index in [1.165, 1.54) is 83.3 Å². The molecule has 6 aliphatic carbocycles. The molecule has 14 rings (SSSR count). The molecule has 0 bridgehead atoms. The summed E-state index contributed by atoms with van der Waals surface area (Å²) in [6, 6.07) is 51.6. The van der Waals surface area contributed by atoms with Gasteiger partial charge in [0.15, 0.2) is 28.0 Å². The van der Waals surface area contributed by atoms with Gasteiger partial charge in [0.05, 0.1) is 10.7 Å². The lowest BCUT2D eigenvalue weighted by molar-refractivity contribution is -0.259. The Hall–Kier alpha value is -10.9. The Morgan fingerprint density at radius 2 is 0.539 bits per heavy atom. The van der Waals surface area contributed by atoms with Gasteiger partial charge in [-0.15, -0.1) is 0 Å². The Morgan fingerprint density at radius 1 is 0.312 bits per heavy atom. The standard InChI is InChI=1S/C26H30F3NO2.C21H27F3N2O3.C21H26F3NO4.C19H19ClF3NO2.C19H20F3NO2/c1-25(32,26(27,28)29)21-11-9-20(10-12-21)24(31)30(23-15-16-23)22-13-7-19(8-14-22)17-18-5-3-2-4-6-18;1-20(29,21(22,23)24)15-6-4-14(5-7-15)19(28)26(17-10-11-17)16-8-2-13(3-9-16)12-18(25)27;1-20(29,21(22,23)24)15-6-4-14(5-7-15)19(28)25(17-10-11-17)16-8-2-13(3-9-16)12-18(26)27;1-12(2)24(16-7-5-4-6-15(16)20)17(25)13-8-10-14(11-9-13)18(3,26)19(21,22)23;1-13(2)23(16-7-5-4-6-8-16)17(24)14-9-11-15(12-10-14)18(3,25)19(20,21)22/h2-6,9-12,19,22-23,32H,7-8,13-17H2,1H3;4-7,13,16-17,29H,2-3,8-12H2,1H3,(H2,25,27);4-7,13,16-17,29H,2-3,8-12H2,1H3,(H,26,27);4-12,26H,1-3H3;4-13,25H,1-3H3/t19?,22?,25-;2*13?,16?,20-;;/m000../s1. The molecule has 5 atom stereocenters. The molecule has 2 unspecified atom stereocenters. The van der Waals surface area contributed by atoms with E-state index in [1.54, 1.807) is 41.3 Å². The first-order valence-corrected chi connectivity index (χ1v) is 47.5. The summed E-state index contributed by atoms with van der Waals surface area (Å²) in [5, 5.41) is 58.2. The summed E-state index contributed by atoms with van der Waals surface area (Å²) in [7, 11) is 0. The molecule has 6 aliphatic rings. The second-order valence-electron chi connectivity index (χ2n) is 38.9. The molecule has 8 aromatic carbocycles. The van der Waals surface area contributed by atoms with Crippen LogP contribution in [-0.4, -0.2) is 166 Å². The van der Waals surface area contributed by atoms with Crippen LogP contribution in [0.25, 0.3) is 0 Å². The normalized spacial score (nSPS) is 20.6. The van der Waals surface area contributed by atoms with E-state index < -0.39 is 70.8 Å². The van der Waals surface area contributed by atoms with Crippen molar-refractivity contribution in [2.75, 3.05) is 9.80 Å². The molecule has 0 radical (unpaired) electrons. The van der Waals surface area contributed by atoms with E-state index in [9.17, 15) is 125 Å². The number of aliphatic hydroxyl groups is 5. The van der Waals surface area contributed by atoms with E-state index in [4.69, 9.17) is 22.4 Å². The molecule has 141 heavy (non-hydrogen) atoms. The van der Waals surface area contributed by atoms with Gasteiger partial charge in [0.25, 0.3) is 29.5 Å². The highest BCUT2D eigenvalue weighted by atomic mass is 35.5. The van der Waals surface area contributed by atoms with Crippen LogP contribution >= 0.6 is 11.6 Å². The van der Waals surface area contributed by atoms with Crippen LogP contribution in [0, 0.1) is 17.8 Å². The van der Waals surface area contributed by atoms with Gasteiger partial charge >= 0.3 is 36.9 Å². The highest BCUT2D eigenvalue weighted by Crippen LogP contribution is 2.48. The molecule has 6 fully saturated rings. The molecular weight excluding hydrogens is 1890 g/mol. The van der Waals surface area contributed by atoms with Gasteiger partial charge in [-0.2, -0.15) is 65.9 Å². The largest absolute Gasteiger partial charge is 0.481 e. The van der Waals surface area contributed by atoms with Crippen molar-refractivity contribution in [3.8, 4) is 0 Å². The average Bonchev–Trinajstić information content (AvgIpc) is 1.39. The van der Waals surface area contributed by atoms with E-state index in [0.717, 1.165) is 177 Å². The smallest absolute Gasteiger partial charge is 0.421 e. The minimum absolute atomic E-state index is 0.0259. The third kappa shape index (κ3) is 28.2. The fraction of sp³-hybridized carbons (Fsp3) is 0.481. The summed E-state index contributed by atoms with van der Waals surface area (Å²) in [6.45, 7) is 10.8. The van der Waals surface area contributed by atoms with E-state index >= 15 is 0 Å². The number of hydrogen-bond acceptors (Lipinski definition) is 12. The van der Waals surface area contributed by atoms with Gasteiger partial charge in [0.1, 0.15) is 0 Å². The number of alkyl halides is 15. The number of para-hydroxylation sites is 2. The van der Waals surface area contributed by atoms with E-state index in [-0.39, 0.29) is 135 Å². The van der Waals surface area contributed by atoms with Crippen molar-refractivity contribution in [3.63, 3.8) is 0 Å². The fourth-order valence-corrected chi connectivity index (χ4v) is 18.3. The summed E-state index contributed by atoms with van der Waals surface area (Å²) in [5.74, 6) is -1.35. The molecule has 0 aromatic heterocycles. The number of primary amides is 1. The third-order valence-electron chi connectivity index (χ3n) is 27.3. The maximum absolute atomic E-state index is 13.3. The van der Waals surface area contributed by atoms with Crippen molar-refractivity contribution < 1.29 is 130 Å². The Kier molecular flexibility index (Phi) is 36.4. The molecule has 8 aromatic rings. The summed E-state index contributed by atoms with van der Waals surface area (Å²) in [5.41, 5.74) is -7.09. The first-order valence-electron chi connectivity index (χ1n) is 47.2. The predicted octanol–water partition coefficient (Wildman–Crippen LogP) is 23.1. The van der Waals surface area contributed by atoms with Gasteiger partial charge in [-0.3, -0.25) is 33.6 Å². The summed E-state index contributed by atoms with van der Waals surface area (Å²) >= 11 is 6.18. The Morgan fingerprint density at radius 3 is 0.780 bits per heavy atom. The SMILES string of the molecule is CC(C)N(C(=O)c1ccc(C(C)(O)C(F)(F)F)cc1)c1ccccc1.CC(C)N(C(=O)c1ccc(C(C)(O)C(F)(F)F)cc1)c1ccccc1Cl.C[C@](O)(c1ccc(C(=O)N(C2CCC(CC(=O)O)CC2)C2CC2)cc1)C(F)(F)F.C[C@](O)(c1ccc(C(=O)N(C2CCC(CC(N)=O)CC2)C2CC2)cc1)C(F)(F)F.C[C@](O)(c1ccc(C(=O)N(C2CCC(Cc3ccccc3)CC2)C2CC2)cc1)C(F)(F)F. The topological polar surface area (TPSA) is 283 Å². The van der Waals surface area contributed by atoms with Crippen LogP contribution in [0.2, 0.25) is 5.02 Å². The van der Waals surface area contributed by atoms with E-state index in [1.807, 2.05) is 66.7 Å². The molecule has 0 spiro atoms. The molecule has 8 N–H and O–H groups in total. The third-order valence-corrected chi connectivity index (χ3v) is 27.6. The van der Waals surface area contributed by atoms with Crippen molar-refractivity contribution in [1.29, 1.82) is 0 Å². The van der Waals surface area contributed by atoms with Crippen molar-refractivity contribution in [2.24, 2.45) is 23.5 Å². The lowest BCUT2D eigenvalue weighted by Gasteiger charge is -2.37. The summed E-state index contributed by atoms with van der Waals surface area (Å²) in [6.07, 6.45) is -6.53. The monoisotopic (exact) mass is 2010 g/mol. The quantitative estimate of drug-likeness (QED) is 0.0249. The zero-order valence-corrected chi connectivity index (χ0v) is 80.5. The van der Waals surface area contributed by atoms with Crippen LogP contribution in [-0.2, 0) is 44.0 Å². The van der Waals surface area contributed by atoms with Crippen molar-refractivity contribution in [2.45, 2.75) is 304 Å². The van der Waals surface area contributed by atoms with Gasteiger partial charge in [0, 0.05) is 94.7 Å². The number of rotatable bonds is 26. The molecule has 6 amide bonds. The van der Waals surface area contributed by atoms with Gasteiger partial charge in [-0.25, -0.2) is 0 Å². The number of carbonyl (C=O) groups is 7. The number of carboxylic acids is 1. The van der Waals surface area contributed by atoms with Gasteiger partial charge in [-0.1, -0.05) is 133 Å². The summed E-state index contributed by atoms with van der Waals surface area (Å²) in [4.78, 5) is 95.9. The Balaban J connectivity index is 0.000000182. The lowest BCUT2D eigenvalue weighted by Crippen LogP contribution is -2.44. The predicted molar refractivity (Wildman–Crippen MR) is 503 cm³/mol. The van der Waals surface area contributed by atoms with Crippen LogP contribution in [0.3, 0.4) is 0 Å². The maximum Gasteiger partial charge on any atom is 0.421 e. The molecule has 0 aliphatic heterocycles. The minimum Gasteiger partial charge on any atom is -0.481 e. The van der Waals surface area contributed by atoms with Crippen molar-refractivity contribution >= 4 is 64.4 Å². The zero-order valence-electron chi connectivity index (χ0n) is 79.7. The number of amides is 6. The number of nitrogens with two attached hydrogens (primary N) is 1. The van der Waals surface area contributed by atoms with Gasteiger partial charge in [0.2, 0.25) is 5.91 Å². The number of nitrogens with zero attached hydrogens (tertiary/aromatic N) is 5. The minimum atomic E-state index is -4.82. The maximum atomic E-state index is 13.3. The molecule has 0 saturated heterocycles. The number of carboxylic acid groups (broad SMARTS) is 1. The summed E-state index contributed by atoms with van der Waals surface area (Å²) < 4.78 is 195. The Bertz CT molecular complexity index is 5360. The number of aliphatic carboxylic acids is 1. The van der Waals surface area contributed by atoms with Crippen LogP contribution in [0.15, 0.2) is 206 Å². The molecule has 766 valence electrons. The molecule has 6 saturated carbocycles. The van der Waals surface area contributed by atoms with Crippen LogP contribution in [0.4, 0.5) is 77.2 Å². The second-order valence-corrected chi connectivity index (χ2v) is 39.3. The lowest BCUT2D eigenvalue weighted by atomic mass is 9.81. The first kappa shape index (κ1) is 112. The number of anilines is 2. The number of hydrogen-bond donors (Lipinski definition) is 7. The zero-order chi connectivity index (χ0) is 104. The molecular formula is C106H122ClF15N6O13.